The van der Waals surface area contributed by atoms with Crippen molar-refractivity contribution in [3.63, 3.8) is 0 Å². The summed E-state index contributed by atoms with van der Waals surface area (Å²) in [5.41, 5.74) is 3.13. The van der Waals surface area contributed by atoms with Crippen molar-refractivity contribution in [1.29, 1.82) is 0 Å². The highest BCUT2D eigenvalue weighted by atomic mass is 16.6. The van der Waals surface area contributed by atoms with Crippen LogP contribution in [0.4, 0.5) is 0 Å². The van der Waals surface area contributed by atoms with Gasteiger partial charge in [0.15, 0.2) is 0 Å². The molecule has 1 rings (SSSR count). The summed E-state index contributed by atoms with van der Waals surface area (Å²) >= 11 is 0. The normalized spacial score (nSPS) is 11.8. The van der Waals surface area contributed by atoms with Gasteiger partial charge in [-0.3, -0.25) is 14.4 Å². The van der Waals surface area contributed by atoms with E-state index in [1.807, 2.05) is 37.3 Å². The number of amides is 1. The van der Waals surface area contributed by atoms with Crippen molar-refractivity contribution in [1.82, 2.24) is 5.48 Å². The minimum Gasteiger partial charge on any atom is -0.481 e. The van der Waals surface area contributed by atoms with Crippen molar-refractivity contribution in [3.05, 3.63) is 35.9 Å². The molecule has 5 nitrogen and oxygen atoms in total. The number of hydrogen-bond donors (Lipinski definition) is 2. The Kier molecular flexibility index (Phi) is 7.35. The van der Waals surface area contributed by atoms with Crippen LogP contribution in [0.5, 0.6) is 0 Å². The molecule has 0 radical (unpaired) electrons. The number of hydrogen-bond acceptors (Lipinski definition) is 3. The van der Waals surface area contributed by atoms with E-state index in [1.165, 1.54) is 0 Å². The summed E-state index contributed by atoms with van der Waals surface area (Å²) in [5, 5.41) is 9.04. The van der Waals surface area contributed by atoms with Gasteiger partial charge in [0.25, 0.3) is 5.91 Å². The quantitative estimate of drug-likeness (QED) is 0.414. The minimum absolute atomic E-state index is 0.216. The highest BCUT2D eigenvalue weighted by molar-refractivity contribution is 5.96. The van der Waals surface area contributed by atoms with Crippen molar-refractivity contribution in [2.75, 3.05) is 0 Å². The number of benzene rings is 1. The molecule has 0 bridgehead atoms. The van der Waals surface area contributed by atoms with Crippen LogP contribution in [0.15, 0.2) is 30.3 Å². The van der Waals surface area contributed by atoms with Gasteiger partial charge in [0.1, 0.15) is 5.92 Å². The molecule has 5 heteroatoms. The van der Waals surface area contributed by atoms with E-state index in [4.69, 9.17) is 9.94 Å². The molecule has 0 aliphatic heterocycles. The van der Waals surface area contributed by atoms with Gasteiger partial charge in [-0.25, -0.2) is 5.48 Å². The van der Waals surface area contributed by atoms with Crippen LogP contribution >= 0.6 is 0 Å². The van der Waals surface area contributed by atoms with E-state index in [1.54, 1.807) is 0 Å². The van der Waals surface area contributed by atoms with E-state index in [9.17, 15) is 9.59 Å². The molecule has 0 aromatic heterocycles. The van der Waals surface area contributed by atoms with Crippen LogP contribution in [-0.4, -0.2) is 17.0 Å². The summed E-state index contributed by atoms with van der Waals surface area (Å²) in [6.45, 7) is 2.24. The van der Waals surface area contributed by atoms with Gasteiger partial charge >= 0.3 is 5.97 Å². The van der Waals surface area contributed by atoms with E-state index in [0.717, 1.165) is 24.8 Å². The Balaban J connectivity index is 2.36. The molecule has 1 atom stereocenters. The van der Waals surface area contributed by atoms with Gasteiger partial charge in [-0.15, -0.1) is 0 Å². The van der Waals surface area contributed by atoms with E-state index in [2.05, 4.69) is 5.48 Å². The van der Waals surface area contributed by atoms with E-state index >= 15 is 0 Å². The topological polar surface area (TPSA) is 75.6 Å². The second kappa shape index (κ2) is 9.09. The number of carbonyl (C=O) groups excluding carboxylic acids is 1. The Labute approximate surface area is 118 Å². The lowest BCUT2D eigenvalue weighted by atomic mass is 10.0. The maximum atomic E-state index is 11.8. The smallest absolute Gasteiger partial charge is 0.316 e. The van der Waals surface area contributed by atoms with Gasteiger partial charge in [-0.1, -0.05) is 56.5 Å². The Morgan fingerprint density at radius 2 is 1.95 bits per heavy atom. The van der Waals surface area contributed by atoms with Gasteiger partial charge in [-0.05, 0) is 12.0 Å². The lowest BCUT2D eigenvalue weighted by Gasteiger charge is -2.12. The number of carbonyl (C=O) groups is 2. The molecule has 0 fully saturated rings. The first-order chi connectivity index (χ1) is 9.65. The van der Waals surface area contributed by atoms with Crippen molar-refractivity contribution in [3.8, 4) is 0 Å². The monoisotopic (exact) mass is 279 g/mol. The highest BCUT2D eigenvalue weighted by Gasteiger charge is 2.25. The molecule has 0 heterocycles. The van der Waals surface area contributed by atoms with Crippen LogP contribution in [0, 0.1) is 5.92 Å². The predicted molar refractivity (Wildman–Crippen MR) is 74.6 cm³/mol. The molecule has 0 aliphatic carbocycles. The molecule has 0 aliphatic rings. The van der Waals surface area contributed by atoms with E-state index in [-0.39, 0.29) is 6.61 Å². The van der Waals surface area contributed by atoms with Crippen LogP contribution in [-0.2, 0) is 21.0 Å². The molecule has 1 aromatic rings. The number of unbranched alkanes of at least 4 members (excludes halogenated alkanes) is 2. The second-order valence-electron chi connectivity index (χ2n) is 4.63. The zero-order chi connectivity index (χ0) is 14.8. The zero-order valence-electron chi connectivity index (χ0n) is 11.7. The molecule has 1 unspecified atom stereocenters. The third-order valence-electron chi connectivity index (χ3n) is 2.97. The number of carboxylic acids is 1. The van der Waals surface area contributed by atoms with Crippen LogP contribution in [0.3, 0.4) is 0 Å². The van der Waals surface area contributed by atoms with Crippen molar-refractivity contribution >= 4 is 11.9 Å². The number of carboxylic acid groups (broad SMARTS) is 1. The maximum absolute atomic E-state index is 11.8. The molecular weight excluding hydrogens is 258 g/mol. The van der Waals surface area contributed by atoms with Gasteiger partial charge in [0.2, 0.25) is 0 Å². The molecule has 20 heavy (non-hydrogen) atoms. The third-order valence-corrected chi connectivity index (χ3v) is 2.97. The Morgan fingerprint density at radius 3 is 2.55 bits per heavy atom. The maximum Gasteiger partial charge on any atom is 0.316 e. The number of nitrogens with one attached hydrogen (secondary N) is 1. The molecule has 0 spiro atoms. The van der Waals surface area contributed by atoms with Crippen LogP contribution in [0.2, 0.25) is 0 Å². The summed E-state index contributed by atoms with van der Waals surface area (Å²) in [6.07, 6.45) is 2.96. The zero-order valence-corrected chi connectivity index (χ0v) is 11.7. The van der Waals surface area contributed by atoms with Crippen LogP contribution in [0.1, 0.15) is 38.2 Å². The van der Waals surface area contributed by atoms with Crippen molar-refractivity contribution in [2.45, 2.75) is 39.2 Å². The van der Waals surface area contributed by atoms with Gasteiger partial charge in [0, 0.05) is 0 Å². The third kappa shape index (κ3) is 5.84. The predicted octanol–water partition coefficient (Wildman–Crippen LogP) is 2.52. The second-order valence-corrected chi connectivity index (χ2v) is 4.63. The van der Waals surface area contributed by atoms with E-state index in [0.29, 0.717) is 6.42 Å². The molecule has 1 aromatic carbocycles. The number of rotatable bonds is 9. The summed E-state index contributed by atoms with van der Waals surface area (Å²) in [5.74, 6) is -2.75. The van der Waals surface area contributed by atoms with Gasteiger partial charge < -0.3 is 5.11 Å². The SMILES string of the molecule is CCCCCC(C(=O)O)C(=O)NOCc1ccccc1. The Bertz CT molecular complexity index is 419. The van der Waals surface area contributed by atoms with Gasteiger partial charge in [0.05, 0.1) is 6.61 Å². The van der Waals surface area contributed by atoms with Crippen LogP contribution in [0.25, 0.3) is 0 Å². The van der Waals surface area contributed by atoms with Crippen LogP contribution < -0.4 is 5.48 Å². The van der Waals surface area contributed by atoms with Crippen molar-refractivity contribution in [2.24, 2.45) is 5.92 Å². The summed E-state index contributed by atoms with van der Waals surface area (Å²) in [6, 6.07) is 9.34. The first kappa shape index (κ1) is 16.2. The van der Waals surface area contributed by atoms with Gasteiger partial charge in [-0.2, -0.15) is 0 Å². The number of hydroxylamine groups is 1. The Morgan fingerprint density at radius 1 is 1.25 bits per heavy atom. The Hall–Kier alpha value is -1.88. The average molecular weight is 279 g/mol. The molecule has 2 N–H and O–H groups in total. The lowest BCUT2D eigenvalue weighted by molar-refractivity contribution is -0.152. The molecule has 0 saturated heterocycles. The summed E-state index contributed by atoms with van der Waals surface area (Å²) in [4.78, 5) is 27.9. The van der Waals surface area contributed by atoms with E-state index < -0.39 is 17.8 Å². The summed E-state index contributed by atoms with van der Waals surface area (Å²) in [7, 11) is 0. The standard InChI is InChI=1S/C15H21NO4/c1-2-3-5-10-13(15(18)19)14(17)16-20-11-12-8-6-4-7-9-12/h4,6-9,13H,2-3,5,10-11H2,1H3,(H,16,17)(H,18,19). The fourth-order valence-electron chi connectivity index (χ4n) is 1.80. The first-order valence-corrected chi connectivity index (χ1v) is 6.83. The molecule has 1 amide bonds. The molecular formula is C15H21NO4. The highest BCUT2D eigenvalue weighted by Crippen LogP contribution is 2.11. The lowest BCUT2D eigenvalue weighted by Crippen LogP contribution is -2.35. The molecule has 110 valence electrons. The number of aliphatic carboxylic acids is 1. The summed E-state index contributed by atoms with van der Waals surface area (Å²) < 4.78 is 0. The first-order valence-electron chi connectivity index (χ1n) is 6.83. The average Bonchev–Trinajstić information content (AvgIpc) is 2.44. The fourth-order valence-corrected chi connectivity index (χ4v) is 1.80. The van der Waals surface area contributed by atoms with Crippen molar-refractivity contribution < 1.29 is 19.5 Å². The fraction of sp³-hybridized carbons (Fsp3) is 0.467. The molecule has 0 saturated carbocycles. The minimum atomic E-state index is -1.11. The largest absolute Gasteiger partial charge is 0.481 e.